The van der Waals surface area contributed by atoms with Crippen LogP contribution in [0.2, 0.25) is 5.02 Å². The number of nitrogens with one attached hydrogen (secondary N) is 1. The number of ether oxygens (including phenoxy) is 2. The van der Waals surface area contributed by atoms with Crippen LogP contribution in [0.3, 0.4) is 0 Å². The van der Waals surface area contributed by atoms with E-state index in [0.717, 1.165) is 11.1 Å². The number of phenols is 1. The van der Waals surface area contributed by atoms with Gasteiger partial charge in [0.25, 0.3) is 11.3 Å². The molecule has 2 atom stereocenters. The predicted molar refractivity (Wildman–Crippen MR) is 165 cm³/mol. The molecule has 0 bridgehead atoms. The first-order valence-corrected chi connectivity index (χ1v) is 14.7. The van der Waals surface area contributed by atoms with Gasteiger partial charge in [-0.1, -0.05) is 116 Å². The van der Waals surface area contributed by atoms with Gasteiger partial charge in [0, 0.05) is 22.8 Å². The van der Waals surface area contributed by atoms with Crippen LogP contribution in [0.4, 0.5) is 5.69 Å². The summed E-state index contributed by atoms with van der Waals surface area (Å²) >= 11 is 4.08. The zero-order valence-electron chi connectivity index (χ0n) is 25.1. The van der Waals surface area contributed by atoms with Gasteiger partial charge in [0.2, 0.25) is 6.29 Å². The fraction of sp³-hybridized carbons (Fsp3) is 0.438. The second-order valence-electron chi connectivity index (χ2n) is 13.0. The molecule has 0 fully saturated rings. The van der Waals surface area contributed by atoms with Crippen LogP contribution >= 0.6 is 11.6 Å². The van der Waals surface area contributed by atoms with E-state index in [4.69, 9.17) is 25.3 Å². The van der Waals surface area contributed by atoms with E-state index >= 15 is 0 Å². The van der Waals surface area contributed by atoms with Crippen LogP contribution in [0, 0.1) is 0 Å². The molecule has 8 heteroatoms. The number of phenolic OH excluding ortho intramolecular Hbond substituents is 1. The van der Waals surface area contributed by atoms with Gasteiger partial charge in [-0.2, -0.15) is 0 Å². The summed E-state index contributed by atoms with van der Waals surface area (Å²) in [5.74, 6) is 0.662. The highest BCUT2D eigenvalue weighted by atomic mass is 35.5. The largest absolute Gasteiger partial charge is 0.503 e. The second kappa shape index (κ2) is 12.0. The molecular formula is C32H42ClNO5S. The van der Waals surface area contributed by atoms with E-state index in [0.29, 0.717) is 17.0 Å². The number of methoxy groups -OCH3 is 1. The Kier molecular flexibility index (Phi) is 9.55. The van der Waals surface area contributed by atoms with E-state index < -0.39 is 17.6 Å². The van der Waals surface area contributed by atoms with Gasteiger partial charge in [0.05, 0.1) is 17.8 Å². The van der Waals surface area contributed by atoms with Gasteiger partial charge in [-0.05, 0) is 27.9 Å². The van der Waals surface area contributed by atoms with Gasteiger partial charge < -0.3 is 14.6 Å². The third-order valence-electron chi connectivity index (χ3n) is 6.49. The number of halogens is 1. The number of aromatic hydroxyl groups is 1. The third kappa shape index (κ3) is 7.71. The molecule has 0 aliphatic heterocycles. The van der Waals surface area contributed by atoms with E-state index in [1.807, 2.05) is 30.3 Å². The lowest BCUT2D eigenvalue weighted by Gasteiger charge is -2.34. The van der Waals surface area contributed by atoms with Crippen molar-refractivity contribution in [2.75, 3.05) is 11.8 Å². The highest BCUT2D eigenvalue weighted by Crippen LogP contribution is 2.45. The molecule has 0 radical (unpaired) electrons. The van der Waals surface area contributed by atoms with Crippen molar-refractivity contribution in [1.29, 1.82) is 0 Å². The number of anilines is 1. The summed E-state index contributed by atoms with van der Waals surface area (Å²) in [7, 11) is 1.41. The van der Waals surface area contributed by atoms with E-state index in [2.05, 4.69) is 79.2 Å². The molecule has 0 aliphatic carbocycles. The van der Waals surface area contributed by atoms with Crippen molar-refractivity contribution in [1.82, 2.24) is 0 Å². The van der Waals surface area contributed by atoms with Gasteiger partial charge in [0.15, 0.2) is 11.5 Å². The summed E-state index contributed by atoms with van der Waals surface area (Å²) < 4.78 is 34.0. The van der Waals surface area contributed by atoms with Crippen molar-refractivity contribution in [3.05, 3.63) is 81.9 Å². The number of hydrogen-bond donors (Lipinski definition) is 2. The summed E-state index contributed by atoms with van der Waals surface area (Å²) in [5.41, 5.74) is 3.82. The summed E-state index contributed by atoms with van der Waals surface area (Å²) in [6.45, 7) is 19.6. The van der Waals surface area contributed by atoms with Gasteiger partial charge in [-0.25, -0.2) is 8.39 Å². The molecule has 0 amide bonds. The molecule has 0 saturated carbocycles. The fourth-order valence-electron chi connectivity index (χ4n) is 4.15. The Morgan fingerprint density at radius 2 is 1.40 bits per heavy atom. The van der Waals surface area contributed by atoms with Crippen molar-refractivity contribution in [3.8, 4) is 17.2 Å². The summed E-state index contributed by atoms with van der Waals surface area (Å²) in [5, 5.41) is 10.1. The summed E-state index contributed by atoms with van der Waals surface area (Å²) in [6, 6.07) is 16.8. The van der Waals surface area contributed by atoms with Gasteiger partial charge in [0.1, 0.15) is 5.75 Å². The van der Waals surface area contributed by atoms with Crippen LogP contribution in [0.25, 0.3) is 0 Å². The molecule has 3 aromatic carbocycles. The van der Waals surface area contributed by atoms with E-state index in [9.17, 15) is 9.32 Å². The van der Waals surface area contributed by atoms with Crippen molar-refractivity contribution in [2.24, 2.45) is 0 Å². The summed E-state index contributed by atoms with van der Waals surface area (Å²) in [6.07, 6.45) is -0.994. The molecule has 40 heavy (non-hydrogen) atoms. The Bertz CT molecular complexity index is 1320. The molecule has 218 valence electrons. The number of benzene rings is 3. The Morgan fingerprint density at radius 1 is 0.850 bits per heavy atom. The van der Waals surface area contributed by atoms with Crippen LogP contribution in [0.1, 0.15) is 90.9 Å². The van der Waals surface area contributed by atoms with Crippen LogP contribution < -0.4 is 14.2 Å². The minimum absolute atomic E-state index is 0.0540. The second-order valence-corrected chi connectivity index (χ2v) is 14.2. The number of hydrogen-bond acceptors (Lipinski definition) is 5. The van der Waals surface area contributed by atoms with Crippen LogP contribution in [-0.2, 0) is 31.7 Å². The zero-order chi connectivity index (χ0) is 30.0. The van der Waals surface area contributed by atoms with E-state index in [-0.39, 0.29) is 32.8 Å². The topological polar surface area (TPSA) is 77.0 Å². The minimum atomic E-state index is -2.05. The van der Waals surface area contributed by atoms with Crippen molar-refractivity contribution >= 4 is 28.6 Å². The van der Waals surface area contributed by atoms with Crippen molar-refractivity contribution in [3.63, 3.8) is 0 Å². The van der Waals surface area contributed by atoms with Gasteiger partial charge in [-0.3, -0.25) is 4.72 Å². The molecule has 2 unspecified atom stereocenters. The smallest absolute Gasteiger partial charge is 0.265 e. The maximum absolute atomic E-state index is 13.3. The van der Waals surface area contributed by atoms with Gasteiger partial charge in [-0.15, -0.1) is 0 Å². The fourth-order valence-corrected chi connectivity index (χ4v) is 5.03. The molecule has 0 aliphatic rings. The number of rotatable bonds is 8. The van der Waals surface area contributed by atoms with Gasteiger partial charge >= 0.3 is 0 Å². The van der Waals surface area contributed by atoms with Crippen LogP contribution in [0.15, 0.2) is 54.6 Å². The zero-order valence-corrected chi connectivity index (χ0v) is 26.7. The molecule has 0 spiro atoms. The highest BCUT2D eigenvalue weighted by molar-refractivity contribution is 7.81. The molecule has 0 saturated heterocycles. The molecule has 2 N–H and O–H groups in total. The normalized spacial score (nSPS) is 14.0. The van der Waals surface area contributed by atoms with Crippen molar-refractivity contribution < 1.29 is 23.0 Å². The van der Waals surface area contributed by atoms with E-state index in [1.165, 1.54) is 24.8 Å². The average molecular weight is 588 g/mol. The summed E-state index contributed by atoms with van der Waals surface area (Å²) in [4.78, 5) is 0. The maximum Gasteiger partial charge on any atom is 0.265 e. The van der Waals surface area contributed by atoms with Crippen LogP contribution in [-0.4, -0.2) is 16.4 Å². The molecule has 0 aromatic heterocycles. The standard InChI is InChI=1S/C32H42ClNO5S/c1-30(2,3)21-16-23(31(4,5)6)28(24(17-21)32(7,8)9)38-29(20-14-12-11-13-15-20)39-40(36)34-22-18-25(33)27(35)26(19-22)37-10/h11-19,29,34-35H,1-10H3. The lowest BCUT2D eigenvalue weighted by molar-refractivity contribution is 0.0131. The molecule has 3 rings (SSSR count). The Hall–Kier alpha value is -2.74. The lowest BCUT2D eigenvalue weighted by Crippen LogP contribution is -2.25. The molecule has 6 nitrogen and oxygen atoms in total. The maximum atomic E-state index is 13.3. The van der Waals surface area contributed by atoms with E-state index in [1.54, 1.807) is 0 Å². The Morgan fingerprint density at radius 3 is 1.88 bits per heavy atom. The average Bonchev–Trinajstić information content (AvgIpc) is 2.84. The highest BCUT2D eigenvalue weighted by Gasteiger charge is 2.32. The lowest BCUT2D eigenvalue weighted by atomic mass is 9.74. The molecular weight excluding hydrogens is 546 g/mol. The molecule has 0 heterocycles. The first-order chi connectivity index (χ1) is 18.4. The third-order valence-corrected chi connectivity index (χ3v) is 7.53. The van der Waals surface area contributed by atoms with Crippen LogP contribution in [0.5, 0.6) is 17.2 Å². The SMILES string of the molecule is COc1cc(NS(=O)OC(Oc2c(C(C)(C)C)cc(C(C)(C)C)cc2C(C)(C)C)c2ccccc2)cc(Cl)c1O. The Labute approximate surface area is 246 Å². The monoisotopic (exact) mass is 587 g/mol. The minimum Gasteiger partial charge on any atom is -0.503 e. The first-order valence-electron chi connectivity index (χ1n) is 13.2. The molecule has 3 aromatic rings. The first kappa shape index (κ1) is 31.8. The quantitative estimate of drug-likeness (QED) is 0.203. The Balaban J connectivity index is 2.09. The predicted octanol–water partition coefficient (Wildman–Crippen LogP) is 8.73. The van der Waals surface area contributed by atoms with Crippen molar-refractivity contribution in [2.45, 2.75) is 84.8 Å².